The van der Waals surface area contributed by atoms with Crippen LogP contribution in [0.25, 0.3) is 0 Å². The van der Waals surface area contributed by atoms with Crippen LogP contribution in [0.4, 0.5) is 11.4 Å². The summed E-state index contributed by atoms with van der Waals surface area (Å²) in [6.07, 6.45) is 6.20. The van der Waals surface area contributed by atoms with Gasteiger partial charge in [-0.25, -0.2) is 0 Å². The van der Waals surface area contributed by atoms with E-state index >= 15 is 0 Å². The summed E-state index contributed by atoms with van der Waals surface area (Å²) in [4.78, 5) is 35.8. The third-order valence-electron chi connectivity index (χ3n) is 4.14. The molecule has 1 aliphatic rings. The predicted octanol–water partition coefficient (Wildman–Crippen LogP) is 1.95. The molecule has 0 atom stereocenters. The molecule has 2 aromatic carbocycles. The Balaban J connectivity index is 1.60. The number of nitrogens with one attached hydrogen (secondary N) is 3. The number of benzene rings is 2. The van der Waals surface area contributed by atoms with E-state index in [1.807, 2.05) is 6.07 Å². The van der Waals surface area contributed by atoms with Gasteiger partial charge in [0.25, 0.3) is 11.8 Å². The van der Waals surface area contributed by atoms with Crippen LogP contribution in [0.5, 0.6) is 5.75 Å². The molecule has 7 nitrogen and oxygen atoms in total. The lowest BCUT2D eigenvalue weighted by Crippen LogP contribution is -2.26. The number of carbonyl (C=O) groups is 3. The summed E-state index contributed by atoms with van der Waals surface area (Å²) in [7, 11) is 0. The number of para-hydroxylation sites is 1. The van der Waals surface area contributed by atoms with Gasteiger partial charge in [-0.2, -0.15) is 0 Å². The molecule has 0 bridgehead atoms. The van der Waals surface area contributed by atoms with Crippen LogP contribution in [-0.2, 0) is 16.0 Å². The Morgan fingerprint density at radius 1 is 1.18 bits per heavy atom. The van der Waals surface area contributed by atoms with Crippen LogP contribution in [0, 0.1) is 12.3 Å². The molecule has 7 heteroatoms. The van der Waals surface area contributed by atoms with Crippen molar-refractivity contribution in [3.8, 4) is 18.1 Å². The zero-order valence-electron chi connectivity index (χ0n) is 15.1. The Labute approximate surface area is 162 Å². The van der Waals surface area contributed by atoms with Crippen LogP contribution in [0.3, 0.4) is 0 Å². The van der Waals surface area contributed by atoms with Crippen LogP contribution in [0.2, 0.25) is 0 Å². The highest BCUT2D eigenvalue weighted by Crippen LogP contribution is 2.26. The molecule has 2 aromatic rings. The highest BCUT2D eigenvalue weighted by molar-refractivity contribution is 6.04. The smallest absolute Gasteiger partial charge is 0.262 e. The molecule has 0 saturated heterocycles. The minimum Gasteiger partial charge on any atom is -0.484 e. The molecule has 0 saturated carbocycles. The molecule has 0 aliphatic carbocycles. The summed E-state index contributed by atoms with van der Waals surface area (Å²) in [6.45, 7) is -0.117. The largest absolute Gasteiger partial charge is 0.484 e. The normalized spacial score (nSPS) is 12.2. The van der Waals surface area contributed by atoms with Gasteiger partial charge < -0.3 is 20.7 Å². The number of rotatable bonds is 6. The van der Waals surface area contributed by atoms with Crippen LogP contribution in [0.15, 0.2) is 42.5 Å². The van der Waals surface area contributed by atoms with Crippen molar-refractivity contribution in [1.29, 1.82) is 0 Å². The SMILES string of the molecule is C#CCNC(=O)c1ccccc1NC(=O)COc1ccc2c(c1)CCC(=O)N2. The first-order chi connectivity index (χ1) is 13.6. The highest BCUT2D eigenvalue weighted by Gasteiger charge is 2.16. The van der Waals surface area contributed by atoms with Crippen molar-refractivity contribution in [2.75, 3.05) is 23.8 Å². The molecule has 3 rings (SSSR count). The van der Waals surface area contributed by atoms with Crippen LogP contribution >= 0.6 is 0 Å². The lowest BCUT2D eigenvalue weighted by atomic mass is 10.0. The summed E-state index contributed by atoms with van der Waals surface area (Å²) in [5, 5.41) is 8.03. The van der Waals surface area contributed by atoms with Crippen LogP contribution < -0.4 is 20.7 Å². The number of ether oxygens (including phenoxy) is 1. The Morgan fingerprint density at radius 3 is 2.82 bits per heavy atom. The fourth-order valence-electron chi connectivity index (χ4n) is 2.80. The van der Waals surface area contributed by atoms with E-state index in [2.05, 4.69) is 21.9 Å². The van der Waals surface area contributed by atoms with Crippen molar-refractivity contribution in [2.45, 2.75) is 12.8 Å². The second-order valence-electron chi connectivity index (χ2n) is 6.14. The van der Waals surface area contributed by atoms with Crippen molar-refractivity contribution < 1.29 is 19.1 Å². The maximum absolute atomic E-state index is 12.2. The summed E-state index contributed by atoms with van der Waals surface area (Å²) in [6, 6.07) is 11.9. The fraction of sp³-hybridized carbons (Fsp3) is 0.190. The molecule has 1 heterocycles. The molecule has 142 valence electrons. The number of anilines is 2. The molecule has 0 fully saturated rings. The van der Waals surface area contributed by atoms with Gasteiger partial charge in [-0.05, 0) is 42.3 Å². The molecule has 0 unspecified atom stereocenters. The van der Waals surface area contributed by atoms with Gasteiger partial charge in [-0.1, -0.05) is 18.1 Å². The van der Waals surface area contributed by atoms with E-state index in [4.69, 9.17) is 11.2 Å². The number of carbonyl (C=O) groups excluding carboxylic acids is 3. The van der Waals surface area contributed by atoms with Crippen molar-refractivity contribution in [3.63, 3.8) is 0 Å². The summed E-state index contributed by atoms with van der Waals surface area (Å²) in [5.74, 6) is 2.08. The quantitative estimate of drug-likeness (QED) is 0.671. The Hall–Kier alpha value is -3.79. The average Bonchev–Trinajstić information content (AvgIpc) is 2.70. The Kier molecular flexibility index (Phi) is 5.92. The molecule has 28 heavy (non-hydrogen) atoms. The number of terminal acetylenes is 1. The average molecular weight is 377 g/mol. The van der Waals surface area contributed by atoms with E-state index in [9.17, 15) is 14.4 Å². The second kappa shape index (κ2) is 8.73. The minimum atomic E-state index is -0.400. The van der Waals surface area contributed by atoms with E-state index in [1.165, 1.54) is 0 Å². The maximum atomic E-state index is 12.2. The van der Waals surface area contributed by atoms with Crippen molar-refractivity contribution in [2.24, 2.45) is 0 Å². The van der Waals surface area contributed by atoms with E-state index in [-0.39, 0.29) is 25.0 Å². The lowest BCUT2D eigenvalue weighted by Gasteiger charge is -2.17. The first-order valence-electron chi connectivity index (χ1n) is 8.73. The van der Waals surface area contributed by atoms with Crippen molar-refractivity contribution in [1.82, 2.24) is 5.32 Å². The Morgan fingerprint density at radius 2 is 2.00 bits per heavy atom. The molecule has 3 N–H and O–H groups in total. The number of aryl methyl sites for hydroxylation is 1. The number of hydrogen-bond acceptors (Lipinski definition) is 4. The third kappa shape index (κ3) is 4.68. The maximum Gasteiger partial charge on any atom is 0.262 e. The molecular weight excluding hydrogens is 358 g/mol. The van der Waals surface area contributed by atoms with Gasteiger partial charge in [-0.3, -0.25) is 14.4 Å². The monoisotopic (exact) mass is 377 g/mol. The van der Waals surface area contributed by atoms with Crippen LogP contribution in [-0.4, -0.2) is 30.9 Å². The van der Waals surface area contributed by atoms with Crippen molar-refractivity contribution >= 4 is 29.1 Å². The fourth-order valence-corrected chi connectivity index (χ4v) is 2.80. The summed E-state index contributed by atoms with van der Waals surface area (Å²) < 4.78 is 5.55. The molecule has 0 aromatic heterocycles. The van der Waals surface area contributed by atoms with Crippen LogP contribution in [0.1, 0.15) is 22.3 Å². The van der Waals surface area contributed by atoms with Gasteiger partial charge >= 0.3 is 0 Å². The van der Waals surface area contributed by atoms with E-state index < -0.39 is 5.91 Å². The highest BCUT2D eigenvalue weighted by atomic mass is 16.5. The molecule has 1 aliphatic heterocycles. The molecule has 3 amide bonds. The van der Waals surface area contributed by atoms with Crippen molar-refractivity contribution in [3.05, 3.63) is 53.6 Å². The van der Waals surface area contributed by atoms with Gasteiger partial charge in [0.1, 0.15) is 5.75 Å². The van der Waals surface area contributed by atoms with Gasteiger partial charge in [-0.15, -0.1) is 6.42 Å². The van der Waals surface area contributed by atoms with Gasteiger partial charge in [0.2, 0.25) is 5.91 Å². The number of amides is 3. The zero-order valence-corrected chi connectivity index (χ0v) is 15.1. The Bertz CT molecular complexity index is 962. The first-order valence-corrected chi connectivity index (χ1v) is 8.73. The third-order valence-corrected chi connectivity index (χ3v) is 4.14. The summed E-state index contributed by atoms with van der Waals surface area (Å²) >= 11 is 0. The summed E-state index contributed by atoms with van der Waals surface area (Å²) in [5.41, 5.74) is 2.42. The number of hydrogen-bond donors (Lipinski definition) is 3. The topological polar surface area (TPSA) is 96.5 Å². The van der Waals surface area contributed by atoms with Gasteiger partial charge in [0.05, 0.1) is 17.8 Å². The molecule has 0 radical (unpaired) electrons. The van der Waals surface area contributed by atoms with E-state index in [0.717, 1.165) is 11.3 Å². The number of fused-ring (bicyclic) bond motifs is 1. The molecular formula is C21H19N3O4. The predicted molar refractivity (Wildman–Crippen MR) is 105 cm³/mol. The van der Waals surface area contributed by atoms with Gasteiger partial charge in [0.15, 0.2) is 6.61 Å². The van der Waals surface area contributed by atoms with E-state index in [1.54, 1.807) is 36.4 Å². The zero-order chi connectivity index (χ0) is 19.9. The van der Waals surface area contributed by atoms with Gasteiger partial charge in [0, 0.05) is 12.1 Å². The standard InChI is InChI=1S/C21H19N3O4/c1-2-11-22-21(27)16-5-3-4-6-18(16)24-20(26)13-28-15-8-9-17-14(12-15)7-10-19(25)23-17/h1,3-6,8-9,12H,7,10-11,13H2,(H,22,27)(H,23,25)(H,24,26). The first kappa shape index (κ1) is 19.0. The second-order valence-corrected chi connectivity index (χ2v) is 6.14. The minimum absolute atomic E-state index is 0.00880. The lowest BCUT2D eigenvalue weighted by molar-refractivity contribution is -0.118. The molecule has 0 spiro atoms. The van der Waals surface area contributed by atoms with E-state index in [0.29, 0.717) is 29.8 Å².